The Labute approximate surface area is 206 Å². The quantitative estimate of drug-likeness (QED) is 0.214. The highest BCUT2D eigenvalue weighted by atomic mass is 35.5. The molecule has 0 aliphatic carbocycles. The van der Waals surface area contributed by atoms with Gasteiger partial charge in [0.2, 0.25) is 0 Å². The molecule has 1 aliphatic rings. The molecule has 0 bridgehead atoms. The number of anilines is 3. The summed E-state index contributed by atoms with van der Waals surface area (Å²) in [6.07, 6.45) is 0. The van der Waals surface area contributed by atoms with Crippen LogP contribution in [-0.2, 0) is 9.59 Å². The van der Waals surface area contributed by atoms with Crippen LogP contribution in [0.15, 0.2) is 77.5 Å². The molecule has 0 spiro atoms. The summed E-state index contributed by atoms with van der Waals surface area (Å²) in [5.74, 6) is -1.22. The Morgan fingerprint density at radius 3 is 2.40 bits per heavy atom. The average molecular weight is 492 g/mol. The van der Waals surface area contributed by atoms with Gasteiger partial charge in [0.05, 0.1) is 23.5 Å². The van der Waals surface area contributed by atoms with E-state index in [0.29, 0.717) is 29.4 Å². The molecule has 9 heteroatoms. The van der Waals surface area contributed by atoms with E-state index in [9.17, 15) is 14.4 Å². The van der Waals surface area contributed by atoms with E-state index in [1.165, 1.54) is 12.1 Å². The van der Waals surface area contributed by atoms with Gasteiger partial charge in [0, 0.05) is 5.69 Å². The third-order valence-electron chi connectivity index (χ3n) is 5.19. The highest BCUT2D eigenvalue weighted by Gasteiger charge is 2.40. The lowest BCUT2D eigenvalue weighted by Crippen LogP contribution is -2.32. The lowest BCUT2D eigenvalue weighted by atomic mass is 10.2. The number of imide groups is 1. The molecule has 3 aromatic rings. The zero-order valence-electron chi connectivity index (χ0n) is 19.0. The number of nitrogens with two attached hydrogens (primary N) is 1. The number of nitrogens with one attached hydrogen (secondary N) is 1. The van der Waals surface area contributed by atoms with Crippen LogP contribution in [0.5, 0.6) is 11.5 Å². The number of benzene rings is 3. The molecule has 0 aromatic heterocycles. The first-order valence-corrected chi connectivity index (χ1v) is 11.1. The Balaban J connectivity index is 1.50. The second-order valence-corrected chi connectivity index (χ2v) is 8.05. The second kappa shape index (κ2) is 9.90. The summed E-state index contributed by atoms with van der Waals surface area (Å²) in [7, 11) is 0. The Hall–Kier alpha value is -4.30. The molecule has 178 valence electrons. The fourth-order valence-electron chi connectivity index (χ4n) is 3.50. The van der Waals surface area contributed by atoms with Crippen LogP contribution in [0.2, 0.25) is 0 Å². The van der Waals surface area contributed by atoms with Gasteiger partial charge in [-0.2, -0.15) is 0 Å². The molecule has 4 rings (SSSR count). The lowest BCUT2D eigenvalue weighted by Gasteiger charge is -2.18. The first kappa shape index (κ1) is 23.8. The molecule has 1 aliphatic heterocycles. The van der Waals surface area contributed by atoms with E-state index in [1.807, 2.05) is 6.92 Å². The van der Waals surface area contributed by atoms with Gasteiger partial charge in [0.1, 0.15) is 16.5 Å². The summed E-state index contributed by atoms with van der Waals surface area (Å²) >= 11 is 6.22. The Bertz CT molecular complexity index is 1350. The minimum absolute atomic E-state index is 0.0780. The molecule has 0 atom stereocenters. The third kappa shape index (κ3) is 4.83. The maximum atomic E-state index is 13.1. The SMILES string of the molecule is CCOc1ccccc1N1C(=O)C(Cl)=C(Nc2ccc(C(=O)Oc3ccc(C)cc3N)cc2)C1=O. The van der Waals surface area contributed by atoms with Gasteiger partial charge < -0.3 is 20.5 Å². The normalized spacial score (nSPS) is 13.3. The molecule has 0 fully saturated rings. The van der Waals surface area contributed by atoms with E-state index in [-0.39, 0.29) is 22.0 Å². The van der Waals surface area contributed by atoms with Crippen LogP contribution in [-0.4, -0.2) is 24.4 Å². The summed E-state index contributed by atoms with van der Waals surface area (Å²) in [5.41, 5.74) is 8.16. The van der Waals surface area contributed by atoms with Gasteiger partial charge in [0.25, 0.3) is 11.8 Å². The van der Waals surface area contributed by atoms with E-state index in [4.69, 9.17) is 26.8 Å². The van der Waals surface area contributed by atoms with E-state index >= 15 is 0 Å². The number of carbonyl (C=O) groups excluding carboxylic acids is 3. The number of aryl methyl sites for hydroxylation is 1. The van der Waals surface area contributed by atoms with Crippen molar-refractivity contribution in [2.24, 2.45) is 0 Å². The van der Waals surface area contributed by atoms with E-state index in [1.54, 1.807) is 61.5 Å². The number of hydrogen-bond donors (Lipinski definition) is 2. The van der Waals surface area contributed by atoms with Gasteiger partial charge in [-0.1, -0.05) is 29.8 Å². The summed E-state index contributed by atoms with van der Waals surface area (Å²) in [4.78, 5) is 39.3. The predicted molar refractivity (Wildman–Crippen MR) is 134 cm³/mol. The van der Waals surface area contributed by atoms with Crippen molar-refractivity contribution in [2.45, 2.75) is 13.8 Å². The Morgan fingerprint density at radius 2 is 1.71 bits per heavy atom. The van der Waals surface area contributed by atoms with Crippen molar-refractivity contribution in [3.63, 3.8) is 0 Å². The topological polar surface area (TPSA) is 111 Å². The minimum atomic E-state index is -0.665. The summed E-state index contributed by atoms with van der Waals surface area (Å²) in [6.45, 7) is 4.05. The number of esters is 1. The van der Waals surface area contributed by atoms with Crippen molar-refractivity contribution in [3.05, 3.63) is 88.6 Å². The molecule has 8 nitrogen and oxygen atoms in total. The Kier molecular flexibility index (Phi) is 6.75. The van der Waals surface area contributed by atoms with Crippen molar-refractivity contribution in [1.82, 2.24) is 0 Å². The smallest absolute Gasteiger partial charge is 0.343 e. The van der Waals surface area contributed by atoms with Crippen LogP contribution in [0.3, 0.4) is 0 Å². The van der Waals surface area contributed by atoms with Crippen LogP contribution >= 0.6 is 11.6 Å². The molecule has 0 saturated carbocycles. The van der Waals surface area contributed by atoms with Crippen molar-refractivity contribution in [1.29, 1.82) is 0 Å². The summed E-state index contributed by atoms with van der Waals surface area (Å²) in [6, 6.07) is 18.0. The van der Waals surface area contributed by atoms with Gasteiger partial charge >= 0.3 is 5.97 Å². The monoisotopic (exact) mass is 491 g/mol. The first-order valence-electron chi connectivity index (χ1n) is 10.8. The number of nitrogens with zero attached hydrogens (tertiary/aromatic N) is 1. The maximum Gasteiger partial charge on any atom is 0.343 e. The second-order valence-electron chi connectivity index (χ2n) is 7.67. The minimum Gasteiger partial charge on any atom is -0.492 e. The molecular formula is C26H22ClN3O5. The van der Waals surface area contributed by atoms with Crippen molar-refractivity contribution in [2.75, 3.05) is 22.6 Å². The standard InChI is InChI=1S/C26H22ClN3O5/c1-3-34-21-7-5-4-6-19(21)30-24(31)22(27)23(25(30)32)29-17-11-9-16(10-12-17)26(33)35-20-13-8-15(2)14-18(20)28/h4-14,29H,3,28H2,1-2H3. The number of amides is 2. The van der Waals surface area contributed by atoms with Gasteiger partial charge in [0.15, 0.2) is 5.75 Å². The molecule has 0 saturated heterocycles. The zero-order valence-corrected chi connectivity index (χ0v) is 19.8. The highest BCUT2D eigenvalue weighted by Crippen LogP contribution is 2.35. The van der Waals surface area contributed by atoms with Gasteiger partial charge in [-0.05, 0) is 67.9 Å². The number of carbonyl (C=O) groups is 3. The molecule has 2 amide bonds. The molecule has 3 aromatic carbocycles. The van der Waals surface area contributed by atoms with Gasteiger partial charge in [-0.15, -0.1) is 0 Å². The van der Waals surface area contributed by atoms with Crippen LogP contribution in [0, 0.1) is 6.92 Å². The molecular weight excluding hydrogens is 470 g/mol. The van der Waals surface area contributed by atoms with Crippen LogP contribution in [0.25, 0.3) is 0 Å². The third-order valence-corrected chi connectivity index (χ3v) is 5.54. The number of nitrogen functional groups attached to an aromatic ring is 1. The molecule has 0 unspecified atom stereocenters. The number of rotatable bonds is 7. The van der Waals surface area contributed by atoms with Crippen LogP contribution in [0.1, 0.15) is 22.8 Å². The number of hydrogen-bond acceptors (Lipinski definition) is 7. The molecule has 0 radical (unpaired) electrons. The van der Waals surface area contributed by atoms with Crippen molar-refractivity contribution < 1.29 is 23.9 Å². The van der Waals surface area contributed by atoms with Gasteiger partial charge in [-0.25, -0.2) is 9.69 Å². The number of ether oxygens (including phenoxy) is 2. The van der Waals surface area contributed by atoms with Crippen molar-refractivity contribution in [3.8, 4) is 11.5 Å². The van der Waals surface area contributed by atoms with Crippen molar-refractivity contribution >= 4 is 46.4 Å². The zero-order chi connectivity index (χ0) is 25.1. The largest absolute Gasteiger partial charge is 0.492 e. The maximum absolute atomic E-state index is 13.1. The van der Waals surface area contributed by atoms with Crippen LogP contribution < -0.4 is 25.4 Å². The van der Waals surface area contributed by atoms with Crippen LogP contribution in [0.4, 0.5) is 17.1 Å². The van der Waals surface area contributed by atoms with E-state index in [2.05, 4.69) is 5.32 Å². The molecule has 3 N–H and O–H groups in total. The Morgan fingerprint density at radius 1 is 1.00 bits per heavy atom. The molecule has 35 heavy (non-hydrogen) atoms. The number of para-hydroxylation sites is 2. The highest BCUT2D eigenvalue weighted by molar-refractivity contribution is 6.53. The fraction of sp³-hybridized carbons (Fsp3) is 0.115. The van der Waals surface area contributed by atoms with Gasteiger partial charge in [-0.3, -0.25) is 9.59 Å². The van der Waals surface area contributed by atoms with E-state index in [0.717, 1.165) is 10.5 Å². The van der Waals surface area contributed by atoms with E-state index < -0.39 is 17.8 Å². The lowest BCUT2D eigenvalue weighted by molar-refractivity contribution is -0.120. The fourth-order valence-corrected chi connectivity index (χ4v) is 3.72. The summed E-state index contributed by atoms with van der Waals surface area (Å²) < 4.78 is 10.9. The number of halogens is 1. The average Bonchev–Trinajstić information content (AvgIpc) is 3.05. The predicted octanol–water partition coefficient (Wildman–Crippen LogP) is 4.63. The summed E-state index contributed by atoms with van der Waals surface area (Å²) in [5, 5.41) is 2.63. The molecule has 1 heterocycles. The first-order chi connectivity index (χ1) is 16.8.